The third-order valence-corrected chi connectivity index (χ3v) is 5.56. The van der Waals surface area contributed by atoms with Crippen LogP contribution in [0.3, 0.4) is 0 Å². The van der Waals surface area contributed by atoms with Gasteiger partial charge in [0.2, 0.25) is 0 Å². The monoisotopic (exact) mass is 506 g/mol. The number of benzene rings is 4. The summed E-state index contributed by atoms with van der Waals surface area (Å²) in [6.45, 7) is 0. The first-order valence-corrected chi connectivity index (χ1v) is 11.7. The highest BCUT2D eigenvalue weighted by atomic mass is 16.5. The van der Waals surface area contributed by atoms with E-state index in [4.69, 9.17) is 9.47 Å². The summed E-state index contributed by atoms with van der Waals surface area (Å²) in [4.78, 5) is 25.7. The van der Waals surface area contributed by atoms with Crippen molar-refractivity contribution in [2.75, 3.05) is 14.2 Å². The van der Waals surface area contributed by atoms with E-state index in [1.807, 2.05) is 60.7 Å². The molecule has 4 aromatic rings. The molecule has 4 aromatic carbocycles. The highest BCUT2D eigenvalue weighted by Gasteiger charge is 2.17. The van der Waals surface area contributed by atoms with Crippen LogP contribution in [-0.2, 0) is 0 Å². The number of ether oxygens (including phenoxy) is 2. The second-order valence-corrected chi connectivity index (χ2v) is 7.99. The van der Waals surface area contributed by atoms with Gasteiger partial charge in [-0.3, -0.25) is 9.59 Å². The van der Waals surface area contributed by atoms with E-state index in [0.29, 0.717) is 45.2 Å². The maximum absolute atomic E-state index is 12.9. The molecule has 190 valence electrons. The molecule has 2 N–H and O–H groups in total. The van der Waals surface area contributed by atoms with Crippen LogP contribution in [0, 0.1) is 0 Å². The first-order chi connectivity index (χ1) is 18.6. The number of hydrogen-bond donors (Lipinski definition) is 2. The number of nitrogens with one attached hydrogen (secondary N) is 2. The summed E-state index contributed by atoms with van der Waals surface area (Å²) in [6, 6.07) is 31.9. The molecule has 0 bridgehead atoms. The van der Waals surface area contributed by atoms with Crippen LogP contribution in [0.15, 0.2) is 119 Å². The van der Waals surface area contributed by atoms with Crippen LogP contribution in [0.25, 0.3) is 0 Å². The molecule has 38 heavy (non-hydrogen) atoms. The lowest BCUT2D eigenvalue weighted by Crippen LogP contribution is -2.28. The Morgan fingerprint density at radius 2 is 0.842 bits per heavy atom. The second-order valence-electron chi connectivity index (χ2n) is 7.99. The zero-order chi connectivity index (χ0) is 26.7. The van der Waals surface area contributed by atoms with Crippen LogP contribution in [0.1, 0.15) is 31.8 Å². The van der Waals surface area contributed by atoms with E-state index in [1.165, 1.54) is 0 Å². The van der Waals surface area contributed by atoms with Crippen LogP contribution in [0.4, 0.5) is 0 Å². The maximum Gasteiger partial charge on any atom is 0.271 e. The van der Waals surface area contributed by atoms with Crippen molar-refractivity contribution in [3.05, 3.63) is 131 Å². The number of hydrazone groups is 2. The molecule has 0 radical (unpaired) electrons. The van der Waals surface area contributed by atoms with Crippen molar-refractivity contribution < 1.29 is 19.1 Å². The van der Waals surface area contributed by atoms with Crippen LogP contribution in [0.5, 0.6) is 11.5 Å². The first-order valence-electron chi connectivity index (χ1n) is 11.7. The molecule has 0 atom stereocenters. The van der Waals surface area contributed by atoms with E-state index in [1.54, 1.807) is 62.8 Å². The molecular weight excluding hydrogens is 480 g/mol. The Morgan fingerprint density at radius 3 is 1.16 bits per heavy atom. The number of nitrogens with zero attached hydrogens (tertiary/aromatic N) is 2. The van der Waals surface area contributed by atoms with Gasteiger partial charge in [-0.1, -0.05) is 60.7 Å². The van der Waals surface area contributed by atoms with Crippen molar-refractivity contribution in [1.82, 2.24) is 10.9 Å². The van der Waals surface area contributed by atoms with Crippen LogP contribution < -0.4 is 20.3 Å². The summed E-state index contributed by atoms with van der Waals surface area (Å²) >= 11 is 0. The average molecular weight is 507 g/mol. The molecule has 0 saturated carbocycles. The van der Waals surface area contributed by atoms with Gasteiger partial charge in [0.15, 0.2) is 0 Å². The Kier molecular flexibility index (Phi) is 8.60. The minimum Gasteiger partial charge on any atom is -0.497 e. The van der Waals surface area contributed by atoms with Crippen molar-refractivity contribution in [3.63, 3.8) is 0 Å². The SMILES string of the molecule is COc1ccc(C(=O)NN=C(/C(=N/NC(=O)c2ccc(OC)cc2)c2ccccc2)c2ccccc2)cc1. The number of methoxy groups -OCH3 is 2. The van der Waals surface area contributed by atoms with Gasteiger partial charge in [0.25, 0.3) is 11.8 Å². The third kappa shape index (κ3) is 6.50. The van der Waals surface area contributed by atoms with Gasteiger partial charge in [-0.2, -0.15) is 10.2 Å². The van der Waals surface area contributed by atoms with E-state index in [2.05, 4.69) is 21.1 Å². The summed E-state index contributed by atoms with van der Waals surface area (Å²) in [5.74, 6) is 0.466. The molecule has 2 amide bonds. The fourth-order valence-corrected chi connectivity index (χ4v) is 3.53. The normalized spacial score (nSPS) is 11.4. The molecule has 0 saturated heterocycles. The van der Waals surface area contributed by atoms with Gasteiger partial charge >= 0.3 is 0 Å². The third-order valence-electron chi connectivity index (χ3n) is 5.56. The lowest BCUT2D eigenvalue weighted by molar-refractivity contribution is 0.0946. The minimum absolute atomic E-state index is 0.369. The molecule has 0 spiro atoms. The molecule has 8 heteroatoms. The Hall–Kier alpha value is -5.24. The average Bonchev–Trinajstić information content (AvgIpc) is 2.99. The predicted octanol–water partition coefficient (Wildman–Crippen LogP) is 4.67. The van der Waals surface area contributed by atoms with E-state index < -0.39 is 11.8 Å². The predicted molar refractivity (Wildman–Crippen MR) is 147 cm³/mol. The summed E-state index contributed by atoms with van der Waals surface area (Å²) in [6.07, 6.45) is 0. The Bertz CT molecular complexity index is 1320. The number of rotatable bonds is 9. The molecule has 0 aliphatic heterocycles. The van der Waals surface area contributed by atoms with Crippen molar-refractivity contribution in [2.24, 2.45) is 10.2 Å². The summed E-state index contributed by atoms with van der Waals surface area (Å²) in [5.41, 5.74) is 8.19. The Morgan fingerprint density at radius 1 is 0.500 bits per heavy atom. The van der Waals surface area contributed by atoms with Gasteiger partial charge in [0.05, 0.1) is 14.2 Å². The number of hydrogen-bond acceptors (Lipinski definition) is 6. The van der Waals surface area contributed by atoms with Crippen molar-refractivity contribution in [2.45, 2.75) is 0 Å². The van der Waals surface area contributed by atoms with Gasteiger partial charge < -0.3 is 9.47 Å². The van der Waals surface area contributed by atoms with Crippen LogP contribution >= 0.6 is 0 Å². The largest absolute Gasteiger partial charge is 0.497 e. The van der Waals surface area contributed by atoms with E-state index >= 15 is 0 Å². The summed E-state index contributed by atoms with van der Waals surface area (Å²) < 4.78 is 10.3. The zero-order valence-corrected chi connectivity index (χ0v) is 20.9. The molecular formula is C30H26N4O4. The van der Waals surface area contributed by atoms with Gasteiger partial charge in [-0.05, 0) is 48.5 Å². The molecule has 8 nitrogen and oxygen atoms in total. The van der Waals surface area contributed by atoms with E-state index in [9.17, 15) is 9.59 Å². The van der Waals surface area contributed by atoms with Gasteiger partial charge in [0.1, 0.15) is 22.9 Å². The summed E-state index contributed by atoms with van der Waals surface area (Å²) in [5, 5.41) is 8.90. The van der Waals surface area contributed by atoms with Gasteiger partial charge in [0, 0.05) is 22.3 Å². The summed E-state index contributed by atoms with van der Waals surface area (Å²) in [7, 11) is 3.12. The Balaban J connectivity index is 1.70. The number of carbonyl (C=O) groups excluding carboxylic acids is 2. The Labute approximate surface area is 220 Å². The highest BCUT2D eigenvalue weighted by molar-refractivity contribution is 6.53. The molecule has 0 aliphatic carbocycles. The minimum atomic E-state index is -0.407. The number of amides is 2. The molecule has 0 heterocycles. The van der Waals surface area contributed by atoms with Crippen molar-refractivity contribution in [1.29, 1.82) is 0 Å². The molecule has 0 aromatic heterocycles. The fraction of sp³-hybridized carbons (Fsp3) is 0.0667. The molecule has 4 rings (SSSR count). The smallest absolute Gasteiger partial charge is 0.271 e. The van der Waals surface area contributed by atoms with Gasteiger partial charge in [-0.15, -0.1) is 0 Å². The van der Waals surface area contributed by atoms with Gasteiger partial charge in [-0.25, -0.2) is 10.9 Å². The topological polar surface area (TPSA) is 101 Å². The zero-order valence-electron chi connectivity index (χ0n) is 20.9. The number of carbonyl (C=O) groups is 2. The molecule has 0 aliphatic rings. The molecule has 0 fully saturated rings. The second kappa shape index (κ2) is 12.6. The quantitative estimate of drug-likeness (QED) is 0.254. The first kappa shape index (κ1) is 25.8. The lowest BCUT2D eigenvalue weighted by atomic mass is 10.00. The van der Waals surface area contributed by atoms with Crippen molar-refractivity contribution >= 4 is 23.2 Å². The van der Waals surface area contributed by atoms with E-state index in [0.717, 1.165) is 0 Å². The fourth-order valence-electron chi connectivity index (χ4n) is 3.53. The van der Waals surface area contributed by atoms with E-state index in [-0.39, 0.29) is 0 Å². The lowest BCUT2D eigenvalue weighted by Gasteiger charge is -2.12. The molecule has 0 unspecified atom stereocenters. The van der Waals surface area contributed by atoms with Crippen molar-refractivity contribution in [3.8, 4) is 11.5 Å². The van der Waals surface area contributed by atoms with Crippen LogP contribution in [0.2, 0.25) is 0 Å². The van der Waals surface area contributed by atoms with Crippen LogP contribution in [-0.4, -0.2) is 37.5 Å². The highest BCUT2D eigenvalue weighted by Crippen LogP contribution is 2.14. The standard InChI is InChI=1S/C30H26N4O4/c1-37-25-17-13-23(14-18-25)29(35)33-31-27(21-9-5-3-6-10-21)28(22-11-7-4-8-12-22)32-34-30(36)24-15-19-26(38-2)20-16-24/h3-20H,1-2H3,(H,33,35)(H,34,36)/b31-27+,32-28?. The maximum atomic E-state index is 12.9.